The lowest BCUT2D eigenvalue weighted by Gasteiger charge is -2.16. The first-order chi connectivity index (χ1) is 13.8. The first-order valence-corrected chi connectivity index (χ1v) is 9.90. The van der Waals surface area contributed by atoms with E-state index in [0.29, 0.717) is 27.6 Å². The fourth-order valence-electron chi connectivity index (χ4n) is 2.59. The van der Waals surface area contributed by atoms with Gasteiger partial charge in [0, 0.05) is 22.1 Å². The Morgan fingerprint density at radius 3 is 2.38 bits per heavy atom. The number of anilines is 3. The molecule has 0 saturated carbocycles. The van der Waals surface area contributed by atoms with Crippen LogP contribution in [0.2, 0.25) is 0 Å². The van der Waals surface area contributed by atoms with Crippen LogP contribution < -0.4 is 10.6 Å². The first-order valence-electron chi connectivity index (χ1n) is 9.11. The normalized spacial score (nSPS) is 12.5. The Labute approximate surface area is 175 Å². The van der Waals surface area contributed by atoms with Crippen LogP contribution in [0, 0.1) is 0 Å². The zero-order valence-electron chi connectivity index (χ0n) is 15.9. The van der Waals surface area contributed by atoms with E-state index in [0.717, 1.165) is 24.1 Å². The molecule has 2 aromatic carbocycles. The number of nitrogens with zero attached hydrogens (tertiary/aromatic N) is 2. The zero-order chi connectivity index (χ0) is 21.0. The number of alkyl halides is 3. The molecule has 0 saturated heterocycles. The predicted molar refractivity (Wildman–Crippen MR) is 113 cm³/mol. The van der Waals surface area contributed by atoms with Crippen molar-refractivity contribution in [2.24, 2.45) is 0 Å². The lowest BCUT2D eigenvalue weighted by Crippen LogP contribution is -2.16. The van der Waals surface area contributed by atoms with Crippen LogP contribution in [0.15, 0.2) is 59.1 Å². The summed E-state index contributed by atoms with van der Waals surface area (Å²) in [5.74, 6) is 0.927. The van der Waals surface area contributed by atoms with Crippen molar-refractivity contribution in [3.63, 3.8) is 0 Å². The molecule has 2 N–H and O–H groups in total. The molecule has 0 bridgehead atoms. The van der Waals surface area contributed by atoms with Gasteiger partial charge in [0.15, 0.2) is 0 Å². The fourth-order valence-corrected chi connectivity index (χ4v) is 3.06. The fraction of sp³-hybridized carbons (Fsp3) is 0.238. The Morgan fingerprint density at radius 2 is 1.76 bits per heavy atom. The lowest BCUT2D eigenvalue weighted by molar-refractivity contribution is -0.137. The number of hydrogen-bond donors (Lipinski definition) is 2. The van der Waals surface area contributed by atoms with Crippen LogP contribution in [0.5, 0.6) is 0 Å². The van der Waals surface area contributed by atoms with Crippen molar-refractivity contribution in [2.75, 3.05) is 10.6 Å². The van der Waals surface area contributed by atoms with Crippen LogP contribution >= 0.6 is 15.9 Å². The van der Waals surface area contributed by atoms with Crippen LogP contribution in [0.25, 0.3) is 11.3 Å². The highest BCUT2D eigenvalue weighted by Crippen LogP contribution is 2.35. The third kappa shape index (κ3) is 5.47. The summed E-state index contributed by atoms with van der Waals surface area (Å²) in [5.41, 5.74) is 1.38. The van der Waals surface area contributed by atoms with Crippen LogP contribution in [-0.2, 0) is 6.18 Å². The third-order valence-corrected chi connectivity index (χ3v) is 5.00. The van der Waals surface area contributed by atoms with Crippen molar-refractivity contribution < 1.29 is 13.2 Å². The SMILES string of the molecule is CC[C@@H](C)Nc1nc(Nc2ccc(C(F)(F)F)cc2Br)cc(-c2ccccc2)n1. The number of benzene rings is 2. The molecular formula is C21H20BrF3N4. The van der Waals surface area contributed by atoms with Crippen LogP contribution in [-0.4, -0.2) is 16.0 Å². The van der Waals surface area contributed by atoms with Gasteiger partial charge in [0.05, 0.1) is 16.9 Å². The number of hydrogen-bond acceptors (Lipinski definition) is 4. The van der Waals surface area contributed by atoms with E-state index in [2.05, 4.69) is 43.5 Å². The molecule has 29 heavy (non-hydrogen) atoms. The minimum atomic E-state index is -4.40. The largest absolute Gasteiger partial charge is 0.416 e. The van der Waals surface area contributed by atoms with Crippen molar-refractivity contribution in [1.29, 1.82) is 0 Å². The van der Waals surface area contributed by atoms with Crippen molar-refractivity contribution in [2.45, 2.75) is 32.5 Å². The van der Waals surface area contributed by atoms with Gasteiger partial charge >= 0.3 is 6.18 Å². The van der Waals surface area contributed by atoms with Crippen molar-refractivity contribution >= 4 is 33.4 Å². The molecule has 152 valence electrons. The molecule has 0 aliphatic rings. The summed E-state index contributed by atoms with van der Waals surface area (Å²) in [7, 11) is 0. The second-order valence-electron chi connectivity index (χ2n) is 6.60. The zero-order valence-corrected chi connectivity index (χ0v) is 17.5. The van der Waals surface area contributed by atoms with Gasteiger partial charge in [-0.05, 0) is 47.5 Å². The number of rotatable bonds is 6. The van der Waals surface area contributed by atoms with Gasteiger partial charge in [-0.25, -0.2) is 4.98 Å². The summed E-state index contributed by atoms with van der Waals surface area (Å²) >= 11 is 3.21. The van der Waals surface area contributed by atoms with Crippen molar-refractivity contribution in [3.05, 3.63) is 64.6 Å². The average Bonchev–Trinajstić information content (AvgIpc) is 2.69. The summed E-state index contributed by atoms with van der Waals surface area (Å²) in [4.78, 5) is 9.06. The molecule has 0 aliphatic carbocycles. The number of aromatic nitrogens is 2. The molecule has 1 atom stereocenters. The smallest absolute Gasteiger partial charge is 0.352 e. The summed E-state index contributed by atoms with van der Waals surface area (Å²) < 4.78 is 39.0. The van der Waals surface area contributed by atoms with Crippen LogP contribution in [0.1, 0.15) is 25.8 Å². The standard InChI is InChI=1S/C21H20BrF3N4/c1-3-13(2)26-20-28-18(14-7-5-4-6-8-14)12-19(29-20)27-17-10-9-15(11-16(17)22)21(23,24)25/h4-13H,3H2,1-2H3,(H2,26,27,28,29)/t13-/m1/s1. The molecule has 1 heterocycles. The van der Waals surface area contributed by atoms with E-state index in [9.17, 15) is 13.2 Å². The molecule has 0 radical (unpaired) electrons. The summed E-state index contributed by atoms with van der Waals surface area (Å²) in [5, 5.41) is 6.34. The molecule has 0 spiro atoms. The maximum Gasteiger partial charge on any atom is 0.416 e. The van der Waals surface area contributed by atoms with E-state index in [1.54, 1.807) is 6.07 Å². The molecule has 0 unspecified atom stereocenters. The quantitative estimate of drug-likeness (QED) is 0.417. The van der Waals surface area contributed by atoms with Gasteiger partial charge in [-0.1, -0.05) is 37.3 Å². The highest BCUT2D eigenvalue weighted by Gasteiger charge is 2.30. The molecule has 4 nitrogen and oxygen atoms in total. The molecule has 8 heteroatoms. The summed E-state index contributed by atoms with van der Waals surface area (Å²) in [6.45, 7) is 4.08. The molecular weight excluding hydrogens is 445 g/mol. The van der Waals surface area contributed by atoms with Gasteiger partial charge in [0.1, 0.15) is 5.82 Å². The number of halogens is 4. The Kier molecular flexibility index (Phi) is 6.42. The van der Waals surface area contributed by atoms with E-state index in [4.69, 9.17) is 0 Å². The Bertz CT molecular complexity index is 977. The Morgan fingerprint density at radius 1 is 1.03 bits per heavy atom. The number of nitrogens with one attached hydrogen (secondary N) is 2. The topological polar surface area (TPSA) is 49.8 Å². The van der Waals surface area contributed by atoms with E-state index >= 15 is 0 Å². The summed E-state index contributed by atoms with van der Waals surface area (Å²) in [6, 6.07) is 15.0. The minimum absolute atomic E-state index is 0.173. The molecule has 0 aliphatic heterocycles. The third-order valence-electron chi connectivity index (χ3n) is 4.34. The molecule has 3 rings (SSSR count). The van der Waals surface area contributed by atoms with Crippen LogP contribution in [0.4, 0.5) is 30.6 Å². The first kappa shape index (κ1) is 21.1. The molecule has 3 aromatic rings. The van der Waals surface area contributed by atoms with Gasteiger partial charge < -0.3 is 10.6 Å². The molecule has 0 amide bonds. The highest BCUT2D eigenvalue weighted by atomic mass is 79.9. The molecule has 1 aromatic heterocycles. The Balaban J connectivity index is 1.97. The maximum absolute atomic E-state index is 12.9. The van der Waals surface area contributed by atoms with Crippen molar-refractivity contribution in [1.82, 2.24) is 9.97 Å². The monoisotopic (exact) mass is 464 g/mol. The summed E-state index contributed by atoms with van der Waals surface area (Å²) in [6.07, 6.45) is -3.50. The van der Waals surface area contributed by atoms with E-state index in [1.807, 2.05) is 37.3 Å². The van der Waals surface area contributed by atoms with Gasteiger partial charge in [-0.3, -0.25) is 0 Å². The van der Waals surface area contributed by atoms with Crippen molar-refractivity contribution in [3.8, 4) is 11.3 Å². The average molecular weight is 465 g/mol. The second-order valence-corrected chi connectivity index (χ2v) is 7.45. The lowest BCUT2D eigenvalue weighted by atomic mass is 10.1. The second kappa shape index (κ2) is 8.82. The van der Waals surface area contributed by atoms with Crippen LogP contribution in [0.3, 0.4) is 0 Å². The van der Waals surface area contributed by atoms with Gasteiger partial charge in [0.25, 0.3) is 0 Å². The highest BCUT2D eigenvalue weighted by molar-refractivity contribution is 9.10. The predicted octanol–water partition coefficient (Wildman–Crippen LogP) is 6.88. The molecule has 0 fully saturated rings. The van der Waals surface area contributed by atoms with Gasteiger partial charge in [0.2, 0.25) is 5.95 Å². The van der Waals surface area contributed by atoms with E-state index in [1.165, 1.54) is 6.07 Å². The van der Waals surface area contributed by atoms with Gasteiger partial charge in [-0.2, -0.15) is 18.2 Å². The Hall–Kier alpha value is -2.61. The van der Waals surface area contributed by atoms with E-state index < -0.39 is 11.7 Å². The van der Waals surface area contributed by atoms with Gasteiger partial charge in [-0.15, -0.1) is 0 Å². The maximum atomic E-state index is 12.9. The van der Waals surface area contributed by atoms with E-state index in [-0.39, 0.29) is 6.04 Å². The minimum Gasteiger partial charge on any atom is -0.352 e.